The van der Waals surface area contributed by atoms with Gasteiger partial charge in [0.2, 0.25) is 5.91 Å². The summed E-state index contributed by atoms with van der Waals surface area (Å²) in [7, 11) is 0. The summed E-state index contributed by atoms with van der Waals surface area (Å²) in [6.45, 7) is 11.1. The minimum atomic E-state index is 0.0241. The van der Waals surface area contributed by atoms with E-state index in [-0.39, 0.29) is 17.9 Å². The maximum Gasteiger partial charge on any atom is 0.223 e. The minimum absolute atomic E-state index is 0.0241. The van der Waals surface area contributed by atoms with Crippen molar-refractivity contribution in [1.82, 2.24) is 10.2 Å². The van der Waals surface area contributed by atoms with Gasteiger partial charge in [0.05, 0.1) is 16.1 Å². The molecule has 0 aromatic heterocycles. The smallest absolute Gasteiger partial charge is 0.223 e. The lowest BCUT2D eigenvalue weighted by atomic mass is 9.93. The van der Waals surface area contributed by atoms with Gasteiger partial charge in [0.15, 0.2) is 0 Å². The first-order valence-electron chi connectivity index (χ1n) is 10.3. The van der Waals surface area contributed by atoms with E-state index in [1.54, 1.807) is 0 Å². The minimum Gasteiger partial charge on any atom is -0.349 e. The van der Waals surface area contributed by atoms with E-state index in [0.717, 1.165) is 38.0 Å². The van der Waals surface area contributed by atoms with Crippen LogP contribution in [0.5, 0.6) is 0 Å². The van der Waals surface area contributed by atoms with Crippen LogP contribution in [-0.4, -0.2) is 23.9 Å². The van der Waals surface area contributed by atoms with Crippen molar-refractivity contribution in [2.24, 2.45) is 5.92 Å². The largest absolute Gasteiger partial charge is 0.349 e. The first kappa shape index (κ1) is 22.1. The summed E-state index contributed by atoms with van der Waals surface area (Å²) in [5.74, 6) is 0.249. The fraction of sp³-hybridized carbons (Fsp3) is 0.458. The third-order valence-corrected chi connectivity index (χ3v) is 6.80. The number of nitrogens with zero attached hydrogens (tertiary/aromatic N) is 1. The molecule has 0 radical (unpaired) electrons. The maximum atomic E-state index is 12.8. The van der Waals surface area contributed by atoms with Crippen LogP contribution in [0.1, 0.15) is 53.6 Å². The van der Waals surface area contributed by atoms with Crippen LogP contribution in [0, 0.1) is 26.7 Å². The van der Waals surface area contributed by atoms with Gasteiger partial charge in [-0.05, 0) is 93.6 Å². The number of hydrogen-bond donors (Lipinski definition) is 1. The molecule has 2 aromatic rings. The molecule has 1 heterocycles. The number of nitrogens with one attached hydrogen (secondary N) is 1. The van der Waals surface area contributed by atoms with E-state index < -0.39 is 0 Å². The van der Waals surface area contributed by atoms with Crippen molar-refractivity contribution >= 4 is 29.1 Å². The van der Waals surface area contributed by atoms with E-state index in [1.165, 1.54) is 22.3 Å². The average Bonchev–Trinajstić information content (AvgIpc) is 2.68. The van der Waals surface area contributed by atoms with E-state index in [2.05, 4.69) is 50.0 Å². The van der Waals surface area contributed by atoms with Crippen molar-refractivity contribution in [3.63, 3.8) is 0 Å². The molecule has 0 saturated carbocycles. The second-order valence-corrected chi connectivity index (χ2v) is 9.14. The van der Waals surface area contributed by atoms with E-state index in [1.807, 2.05) is 18.2 Å². The first-order valence-corrected chi connectivity index (χ1v) is 11.0. The Bertz CT molecular complexity index is 889. The Hall–Kier alpha value is -1.55. The van der Waals surface area contributed by atoms with Crippen molar-refractivity contribution in [3.05, 3.63) is 68.2 Å². The molecule has 2 aromatic carbocycles. The molecule has 1 amide bonds. The van der Waals surface area contributed by atoms with Gasteiger partial charge in [-0.1, -0.05) is 41.4 Å². The van der Waals surface area contributed by atoms with Gasteiger partial charge >= 0.3 is 0 Å². The summed E-state index contributed by atoms with van der Waals surface area (Å²) in [5.41, 5.74) is 6.15. The molecule has 5 heteroatoms. The van der Waals surface area contributed by atoms with Crippen molar-refractivity contribution < 1.29 is 4.79 Å². The highest BCUT2D eigenvalue weighted by Gasteiger charge is 2.26. The van der Waals surface area contributed by atoms with Crippen LogP contribution in [0.2, 0.25) is 10.0 Å². The van der Waals surface area contributed by atoms with Crippen LogP contribution in [0.15, 0.2) is 30.3 Å². The number of rotatable bonds is 5. The standard InChI is InChI=1S/C24H30Cl2N2O/c1-15-11-17(3)21(12-16(15)2)18(4)27-24(29)20-7-9-28(10-8-20)14-19-5-6-22(25)23(26)13-19/h5-6,11-13,18,20H,7-10,14H2,1-4H3,(H,27,29). The van der Waals surface area contributed by atoms with Crippen molar-refractivity contribution in [2.45, 2.75) is 53.1 Å². The van der Waals surface area contributed by atoms with Crippen LogP contribution < -0.4 is 5.32 Å². The second-order valence-electron chi connectivity index (χ2n) is 8.32. The van der Waals surface area contributed by atoms with Crippen LogP contribution in [0.3, 0.4) is 0 Å². The number of aryl methyl sites for hydroxylation is 3. The Balaban J connectivity index is 1.53. The molecule has 3 nitrogen and oxygen atoms in total. The van der Waals surface area contributed by atoms with E-state index in [0.29, 0.717) is 10.0 Å². The summed E-state index contributed by atoms with van der Waals surface area (Å²) in [5, 5.41) is 4.42. The highest BCUT2D eigenvalue weighted by molar-refractivity contribution is 6.42. The summed E-state index contributed by atoms with van der Waals surface area (Å²) in [6.07, 6.45) is 1.76. The van der Waals surface area contributed by atoms with Gasteiger partial charge in [0.25, 0.3) is 0 Å². The lowest BCUT2D eigenvalue weighted by molar-refractivity contribution is -0.127. The topological polar surface area (TPSA) is 32.3 Å². The first-order chi connectivity index (χ1) is 13.7. The number of carbonyl (C=O) groups is 1. The highest BCUT2D eigenvalue weighted by atomic mass is 35.5. The Kier molecular flexibility index (Phi) is 7.26. The molecule has 29 heavy (non-hydrogen) atoms. The van der Waals surface area contributed by atoms with Gasteiger partial charge < -0.3 is 5.32 Å². The Morgan fingerprint density at radius 3 is 2.34 bits per heavy atom. The molecule has 1 N–H and O–H groups in total. The number of hydrogen-bond acceptors (Lipinski definition) is 2. The third-order valence-electron chi connectivity index (χ3n) is 6.06. The summed E-state index contributed by atoms with van der Waals surface area (Å²) < 4.78 is 0. The lowest BCUT2D eigenvalue weighted by Gasteiger charge is -2.32. The molecule has 1 aliphatic heterocycles. The molecule has 0 spiro atoms. The molecule has 1 fully saturated rings. The predicted octanol–water partition coefficient (Wildman–Crippen LogP) is 6.01. The molecule has 1 saturated heterocycles. The molecule has 1 aliphatic rings. The molecule has 3 rings (SSSR count). The van der Waals surface area contributed by atoms with Gasteiger partial charge in [-0.25, -0.2) is 0 Å². The van der Waals surface area contributed by atoms with Gasteiger partial charge in [-0.3, -0.25) is 9.69 Å². The van der Waals surface area contributed by atoms with Crippen molar-refractivity contribution in [3.8, 4) is 0 Å². The molecule has 0 aliphatic carbocycles. The van der Waals surface area contributed by atoms with Crippen molar-refractivity contribution in [2.75, 3.05) is 13.1 Å². The summed E-state index contributed by atoms with van der Waals surface area (Å²) in [4.78, 5) is 15.2. The Morgan fingerprint density at radius 2 is 1.69 bits per heavy atom. The molecular weight excluding hydrogens is 403 g/mol. The fourth-order valence-electron chi connectivity index (χ4n) is 4.11. The van der Waals surface area contributed by atoms with E-state index in [4.69, 9.17) is 23.2 Å². The monoisotopic (exact) mass is 432 g/mol. The zero-order valence-electron chi connectivity index (χ0n) is 17.7. The van der Waals surface area contributed by atoms with Crippen LogP contribution in [0.4, 0.5) is 0 Å². The quantitative estimate of drug-likeness (QED) is 0.627. The second kappa shape index (κ2) is 9.51. The lowest BCUT2D eigenvalue weighted by Crippen LogP contribution is -2.41. The fourth-order valence-corrected chi connectivity index (χ4v) is 4.43. The molecular formula is C24H30Cl2N2O. The van der Waals surface area contributed by atoms with Gasteiger partial charge in [-0.2, -0.15) is 0 Å². The number of amides is 1. The summed E-state index contributed by atoms with van der Waals surface area (Å²) in [6, 6.07) is 10.2. The number of likely N-dealkylation sites (tertiary alicyclic amines) is 1. The van der Waals surface area contributed by atoms with E-state index >= 15 is 0 Å². The summed E-state index contributed by atoms with van der Waals surface area (Å²) >= 11 is 12.1. The molecule has 156 valence electrons. The van der Waals surface area contributed by atoms with Crippen LogP contribution >= 0.6 is 23.2 Å². The normalized spacial score (nSPS) is 16.6. The third kappa shape index (κ3) is 5.53. The predicted molar refractivity (Wildman–Crippen MR) is 122 cm³/mol. The Labute approximate surface area is 184 Å². The molecule has 0 bridgehead atoms. The zero-order chi connectivity index (χ0) is 21.1. The number of benzene rings is 2. The van der Waals surface area contributed by atoms with Gasteiger partial charge in [-0.15, -0.1) is 0 Å². The highest BCUT2D eigenvalue weighted by Crippen LogP contribution is 2.26. The van der Waals surface area contributed by atoms with Crippen LogP contribution in [0.25, 0.3) is 0 Å². The van der Waals surface area contributed by atoms with Crippen LogP contribution in [-0.2, 0) is 11.3 Å². The SMILES string of the molecule is Cc1cc(C)c(C(C)NC(=O)C2CCN(Cc3ccc(Cl)c(Cl)c3)CC2)cc1C. The Morgan fingerprint density at radius 1 is 1.03 bits per heavy atom. The number of piperidine rings is 1. The maximum absolute atomic E-state index is 12.8. The van der Waals surface area contributed by atoms with Crippen molar-refractivity contribution in [1.29, 1.82) is 0 Å². The zero-order valence-corrected chi connectivity index (χ0v) is 19.2. The molecule has 1 atom stereocenters. The average molecular weight is 433 g/mol. The van der Waals surface area contributed by atoms with Gasteiger partial charge in [0, 0.05) is 12.5 Å². The molecule has 1 unspecified atom stereocenters. The number of carbonyl (C=O) groups excluding carboxylic acids is 1. The van der Waals surface area contributed by atoms with Gasteiger partial charge in [0.1, 0.15) is 0 Å². The van der Waals surface area contributed by atoms with E-state index in [9.17, 15) is 4.79 Å². The number of halogens is 2.